The summed E-state index contributed by atoms with van der Waals surface area (Å²) in [5.74, 6) is 0. The van der Waals surface area contributed by atoms with Crippen LogP contribution in [0.1, 0.15) is 0 Å². The standard InChI is InChI=1S/C12H21FO10/c13-5-7(17)10(4(2-15)21-11(5)20)23-12-9(19)8(18)6(16)3(1-14)22-12/h3-12,14-20H,1-2H2/t3-,4-,5-,6+,7-,8+,9-,10-,11?,12+/m1/s1/i13-1. The molecule has 0 radical (unpaired) electrons. The van der Waals surface area contributed by atoms with Gasteiger partial charge in [-0.25, -0.2) is 4.39 Å². The van der Waals surface area contributed by atoms with Crippen LogP contribution in [0.15, 0.2) is 0 Å². The lowest BCUT2D eigenvalue weighted by atomic mass is 9.97. The van der Waals surface area contributed by atoms with Crippen molar-refractivity contribution in [2.45, 2.75) is 61.5 Å². The zero-order valence-corrected chi connectivity index (χ0v) is 11.9. The first-order chi connectivity index (χ1) is 10.8. The molecular weight excluding hydrogens is 322 g/mol. The fourth-order valence-corrected chi connectivity index (χ4v) is 2.55. The summed E-state index contributed by atoms with van der Waals surface area (Å²) in [4.78, 5) is 0. The van der Waals surface area contributed by atoms with Crippen molar-refractivity contribution < 1.29 is 54.3 Å². The molecule has 23 heavy (non-hydrogen) atoms. The van der Waals surface area contributed by atoms with Crippen molar-refractivity contribution >= 4 is 0 Å². The second kappa shape index (κ2) is 7.61. The lowest BCUT2D eigenvalue weighted by Gasteiger charge is -2.44. The van der Waals surface area contributed by atoms with Crippen molar-refractivity contribution in [3.63, 3.8) is 0 Å². The van der Waals surface area contributed by atoms with Crippen molar-refractivity contribution in [1.29, 1.82) is 0 Å². The van der Waals surface area contributed by atoms with Gasteiger partial charge in [-0.2, -0.15) is 0 Å². The Balaban J connectivity index is 2.11. The number of ether oxygens (including phenoxy) is 3. The summed E-state index contributed by atoms with van der Waals surface area (Å²) >= 11 is 0. The lowest BCUT2D eigenvalue weighted by Crippen LogP contribution is -2.63. The van der Waals surface area contributed by atoms with Gasteiger partial charge in [0.05, 0.1) is 13.2 Å². The van der Waals surface area contributed by atoms with Crippen LogP contribution in [-0.2, 0) is 14.2 Å². The van der Waals surface area contributed by atoms with Gasteiger partial charge in [0, 0.05) is 0 Å². The minimum atomic E-state index is -2.23. The zero-order valence-electron chi connectivity index (χ0n) is 11.9. The second-order valence-electron chi connectivity index (χ2n) is 5.48. The number of aliphatic hydroxyl groups is 7. The monoisotopic (exact) mass is 343 g/mol. The number of hydrogen-bond acceptors (Lipinski definition) is 10. The van der Waals surface area contributed by atoms with Crippen LogP contribution in [-0.4, -0.2) is 110 Å². The lowest BCUT2D eigenvalue weighted by molar-refractivity contribution is -0.350. The molecule has 2 fully saturated rings. The first-order valence-corrected chi connectivity index (χ1v) is 7.04. The van der Waals surface area contributed by atoms with Crippen LogP contribution in [0.2, 0.25) is 0 Å². The molecule has 0 bridgehead atoms. The van der Waals surface area contributed by atoms with E-state index in [4.69, 9.17) is 19.3 Å². The van der Waals surface area contributed by atoms with E-state index in [1.807, 2.05) is 0 Å². The van der Waals surface area contributed by atoms with E-state index in [-0.39, 0.29) is 0 Å². The van der Waals surface area contributed by atoms with Crippen molar-refractivity contribution in [2.24, 2.45) is 0 Å². The van der Waals surface area contributed by atoms with Gasteiger partial charge in [0.15, 0.2) is 18.8 Å². The van der Waals surface area contributed by atoms with Gasteiger partial charge in [-0.1, -0.05) is 0 Å². The Bertz CT molecular complexity index is 383. The number of aliphatic hydroxyl groups excluding tert-OH is 7. The van der Waals surface area contributed by atoms with Crippen molar-refractivity contribution in [3.8, 4) is 0 Å². The Kier molecular flexibility index (Phi) is 6.24. The van der Waals surface area contributed by atoms with E-state index >= 15 is 0 Å². The molecule has 2 aliphatic rings. The van der Waals surface area contributed by atoms with Gasteiger partial charge in [-0.15, -0.1) is 0 Å². The average molecular weight is 343 g/mol. The highest BCUT2D eigenvalue weighted by atomic mass is 18.2. The van der Waals surface area contributed by atoms with E-state index in [9.17, 15) is 35.0 Å². The van der Waals surface area contributed by atoms with Gasteiger partial charge < -0.3 is 50.0 Å². The van der Waals surface area contributed by atoms with E-state index in [1.165, 1.54) is 0 Å². The first-order valence-electron chi connectivity index (χ1n) is 7.04. The highest BCUT2D eigenvalue weighted by molar-refractivity contribution is 4.93. The van der Waals surface area contributed by atoms with Crippen LogP contribution in [0.5, 0.6) is 0 Å². The number of hydrogen-bond donors (Lipinski definition) is 7. The fourth-order valence-electron chi connectivity index (χ4n) is 2.55. The molecule has 0 aliphatic carbocycles. The van der Waals surface area contributed by atoms with Crippen molar-refractivity contribution in [3.05, 3.63) is 0 Å². The van der Waals surface area contributed by atoms with Crippen LogP contribution in [0.4, 0.5) is 4.39 Å². The quantitative estimate of drug-likeness (QED) is 0.264. The van der Waals surface area contributed by atoms with Crippen molar-refractivity contribution in [1.82, 2.24) is 0 Å². The van der Waals surface area contributed by atoms with Crippen LogP contribution in [0.3, 0.4) is 0 Å². The number of halogens is 1. The third-order valence-corrected chi connectivity index (χ3v) is 3.94. The van der Waals surface area contributed by atoms with Gasteiger partial charge in [0.25, 0.3) is 0 Å². The maximum Gasteiger partial charge on any atom is 0.189 e. The van der Waals surface area contributed by atoms with Gasteiger partial charge in [-0.05, 0) is 0 Å². The van der Waals surface area contributed by atoms with E-state index in [0.717, 1.165) is 0 Å². The van der Waals surface area contributed by atoms with Gasteiger partial charge in [0.1, 0.15) is 42.7 Å². The number of alkyl halides is 1. The van der Waals surface area contributed by atoms with Gasteiger partial charge in [-0.3, -0.25) is 0 Å². The van der Waals surface area contributed by atoms with Gasteiger partial charge >= 0.3 is 0 Å². The van der Waals surface area contributed by atoms with Gasteiger partial charge in [0.2, 0.25) is 0 Å². The van der Waals surface area contributed by atoms with Crippen LogP contribution >= 0.6 is 0 Å². The predicted octanol–water partition coefficient (Wildman–Crippen LogP) is -4.42. The summed E-state index contributed by atoms with van der Waals surface area (Å²) < 4.78 is 28.7. The minimum absolute atomic E-state index is 0.692. The summed E-state index contributed by atoms with van der Waals surface area (Å²) in [5.41, 5.74) is 0. The predicted molar refractivity (Wildman–Crippen MR) is 67.5 cm³/mol. The summed E-state index contributed by atoms with van der Waals surface area (Å²) in [6.45, 7) is -1.43. The molecule has 2 aliphatic heterocycles. The molecule has 1 unspecified atom stereocenters. The van der Waals surface area contributed by atoms with Crippen LogP contribution in [0.25, 0.3) is 0 Å². The molecule has 0 spiro atoms. The normalized spacial score (nSPS) is 51.7. The molecule has 0 aromatic carbocycles. The van der Waals surface area contributed by atoms with E-state index < -0.39 is 74.7 Å². The second-order valence-corrected chi connectivity index (χ2v) is 5.48. The Morgan fingerprint density at radius 2 is 1.39 bits per heavy atom. The fraction of sp³-hybridized carbons (Fsp3) is 1.00. The molecule has 2 rings (SSSR count). The van der Waals surface area contributed by atoms with Crippen LogP contribution in [0, 0.1) is 0 Å². The average Bonchev–Trinajstić information content (AvgIpc) is 2.55. The molecule has 10 nitrogen and oxygen atoms in total. The molecule has 11 heteroatoms. The third-order valence-electron chi connectivity index (χ3n) is 3.94. The summed E-state index contributed by atoms with van der Waals surface area (Å²) in [5, 5.41) is 66.5. The topological polar surface area (TPSA) is 169 Å². The minimum Gasteiger partial charge on any atom is -0.394 e. The third kappa shape index (κ3) is 3.64. The maximum atomic E-state index is 13.6. The summed E-state index contributed by atoms with van der Waals surface area (Å²) in [7, 11) is 0. The maximum absolute atomic E-state index is 13.6. The highest BCUT2D eigenvalue weighted by Gasteiger charge is 2.50. The molecule has 0 amide bonds. The highest BCUT2D eigenvalue weighted by Crippen LogP contribution is 2.29. The first kappa shape index (κ1) is 18.9. The van der Waals surface area contributed by atoms with Crippen molar-refractivity contribution in [2.75, 3.05) is 13.2 Å². The SMILES string of the molecule is OC[C@H]1O[C@@H](O[C@H]2[C@H](O)[C@@H]([18F])C(O)O[C@@H]2CO)[C@H](O)[C@@H](O)[C@H]1O. The molecule has 136 valence electrons. The molecule has 2 saturated heterocycles. The van der Waals surface area contributed by atoms with E-state index in [0.29, 0.717) is 0 Å². The Hall–Kier alpha value is -0.470. The molecule has 7 N–H and O–H groups in total. The molecular formula is C12H21FO10. The molecule has 0 aromatic heterocycles. The van der Waals surface area contributed by atoms with E-state index in [1.54, 1.807) is 0 Å². The molecule has 0 aromatic rings. The largest absolute Gasteiger partial charge is 0.394 e. The molecule has 10 atom stereocenters. The molecule has 0 saturated carbocycles. The smallest absolute Gasteiger partial charge is 0.189 e. The van der Waals surface area contributed by atoms with E-state index in [2.05, 4.69) is 0 Å². The zero-order chi connectivity index (χ0) is 17.3. The summed E-state index contributed by atoms with van der Waals surface area (Å²) in [6.07, 6.45) is -16.9. The Labute approximate surface area is 130 Å². The Morgan fingerprint density at radius 1 is 0.783 bits per heavy atom. The summed E-state index contributed by atoms with van der Waals surface area (Å²) in [6, 6.07) is 0. The number of rotatable bonds is 4. The molecule has 2 heterocycles. The Morgan fingerprint density at radius 3 is 1.96 bits per heavy atom. The van der Waals surface area contributed by atoms with Crippen LogP contribution < -0.4 is 0 Å².